The fourth-order valence-corrected chi connectivity index (χ4v) is 1.91. The molecule has 0 unspecified atom stereocenters. The average molecular weight is 263 g/mol. The molecule has 0 aliphatic carbocycles. The fraction of sp³-hybridized carbons (Fsp3) is 0.533. The second-order valence-corrected chi connectivity index (χ2v) is 5.18. The summed E-state index contributed by atoms with van der Waals surface area (Å²) >= 11 is 0. The minimum absolute atomic E-state index is 0.0208. The van der Waals surface area contributed by atoms with E-state index in [4.69, 9.17) is 0 Å². The summed E-state index contributed by atoms with van der Waals surface area (Å²) in [5, 5.41) is 6.08. The van der Waals surface area contributed by atoms with Gasteiger partial charge >= 0.3 is 0 Å². The zero-order chi connectivity index (χ0) is 14.3. The Labute approximate surface area is 116 Å². The summed E-state index contributed by atoms with van der Waals surface area (Å²) in [5.41, 5.74) is 2.32. The lowest BCUT2D eigenvalue weighted by molar-refractivity contribution is -0.119. The minimum atomic E-state index is 0.0208. The van der Waals surface area contributed by atoms with Crippen molar-refractivity contribution in [3.05, 3.63) is 29.8 Å². The van der Waals surface area contributed by atoms with Crippen molar-refractivity contribution in [1.82, 2.24) is 10.6 Å². The second-order valence-electron chi connectivity index (χ2n) is 5.18. The van der Waals surface area contributed by atoms with Crippen LogP contribution in [0.25, 0.3) is 0 Å². The van der Waals surface area contributed by atoms with E-state index in [1.807, 2.05) is 24.1 Å². The van der Waals surface area contributed by atoms with Crippen LogP contribution < -0.4 is 15.5 Å². The Balaban J connectivity index is 2.69. The summed E-state index contributed by atoms with van der Waals surface area (Å²) in [6.45, 7) is 6.57. The standard InChI is InChI=1S/C15H25N3O/c1-12(2)9-17-10-13-7-5-6-8-14(13)18(4)11-15(19)16-3/h5-8,12,17H,9-11H2,1-4H3,(H,16,19). The maximum Gasteiger partial charge on any atom is 0.239 e. The van der Waals surface area contributed by atoms with Crippen LogP contribution in [0.5, 0.6) is 0 Å². The average Bonchev–Trinajstić information content (AvgIpc) is 2.38. The molecule has 0 heterocycles. The van der Waals surface area contributed by atoms with E-state index in [2.05, 4.69) is 36.6 Å². The van der Waals surface area contributed by atoms with Crippen LogP contribution in [0.15, 0.2) is 24.3 Å². The molecular weight excluding hydrogens is 238 g/mol. The van der Waals surface area contributed by atoms with Crippen molar-refractivity contribution >= 4 is 11.6 Å². The quantitative estimate of drug-likeness (QED) is 0.785. The molecule has 0 saturated heterocycles. The monoisotopic (exact) mass is 263 g/mol. The fourth-order valence-electron chi connectivity index (χ4n) is 1.91. The molecule has 0 bridgehead atoms. The molecule has 0 spiro atoms. The number of carbonyl (C=O) groups excluding carboxylic acids is 1. The van der Waals surface area contributed by atoms with Crippen LogP contribution in [-0.4, -0.2) is 33.1 Å². The third-order valence-corrected chi connectivity index (χ3v) is 2.93. The highest BCUT2D eigenvalue weighted by Gasteiger charge is 2.09. The molecule has 0 radical (unpaired) electrons. The second kappa shape index (κ2) is 7.79. The van der Waals surface area contributed by atoms with Gasteiger partial charge in [0.1, 0.15) is 0 Å². The zero-order valence-electron chi connectivity index (χ0n) is 12.4. The van der Waals surface area contributed by atoms with Gasteiger partial charge in [0.05, 0.1) is 6.54 Å². The van der Waals surface area contributed by atoms with Gasteiger partial charge in [-0.05, 0) is 24.1 Å². The molecule has 4 nitrogen and oxygen atoms in total. The van der Waals surface area contributed by atoms with Gasteiger partial charge in [0.15, 0.2) is 0 Å². The first-order valence-electron chi connectivity index (χ1n) is 6.75. The molecule has 1 rings (SSSR count). The van der Waals surface area contributed by atoms with Crippen LogP contribution >= 0.6 is 0 Å². The molecule has 106 valence electrons. The van der Waals surface area contributed by atoms with Crippen molar-refractivity contribution in [3.63, 3.8) is 0 Å². The van der Waals surface area contributed by atoms with Gasteiger partial charge in [0, 0.05) is 26.3 Å². The van der Waals surface area contributed by atoms with E-state index in [1.165, 1.54) is 5.56 Å². The predicted molar refractivity (Wildman–Crippen MR) is 80.3 cm³/mol. The smallest absolute Gasteiger partial charge is 0.239 e. The minimum Gasteiger partial charge on any atom is -0.365 e. The highest BCUT2D eigenvalue weighted by atomic mass is 16.1. The molecule has 4 heteroatoms. The molecule has 1 aromatic rings. The first kappa shape index (κ1) is 15.5. The van der Waals surface area contributed by atoms with E-state index in [1.54, 1.807) is 7.05 Å². The molecule has 0 aliphatic heterocycles. The van der Waals surface area contributed by atoms with Gasteiger partial charge in [-0.25, -0.2) is 0 Å². The molecule has 1 amide bonds. The Morgan fingerprint density at radius 2 is 2.00 bits per heavy atom. The van der Waals surface area contributed by atoms with Gasteiger partial charge in [-0.15, -0.1) is 0 Å². The van der Waals surface area contributed by atoms with Crippen LogP contribution in [0.4, 0.5) is 5.69 Å². The van der Waals surface area contributed by atoms with Crippen LogP contribution in [-0.2, 0) is 11.3 Å². The number of hydrogen-bond donors (Lipinski definition) is 2. The normalized spacial score (nSPS) is 10.6. The van der Waals surface area contributed by atoms with E-state index in [0.717, 1.165) is 18.8 Å². The largest absolute Gasteiger partial charge is 0.365 e. The number of amides is 1. The third-order valence-electron chi connectivity index (χ3n) is 2.93. The molecule has 0 fully saturated rings. The number of nitrogens with zero attached hydrogens (tertiary/aromatic N) is 1. The van der Waals surface area contributed by atoms with Crippen molar-refractivity contribution in [2.75, 3.05) is 32.1 Å². The lowest BCUT2D eigenvalue weighted by Gasteiger charge is -2.22. The molecule has 0 atom stereocenters. The Morgan fingerprint density at radius 3 is 2.63 bits per heavy atom. The summed E-state index contributed by atoms with van der Waals surface area (Å²) in [5.74, 6) is 0.656. The highest BCUT2D eigenvalue weighted by Crippen LogP contribution is 2.18. The topological polar surface area (TPSA) is 44.4 Å². The van der Waals surface area contributed by atoms with Crippen LogP contribution in [0.3, 0.4) is 0 Å². The molecular formula is C15H25N3O. The van der Waals surface area contributed by atoms with Crippen LogP contribution in [0.2, 0.25) is 0 Å². The SMILES string of the molecule is CNC(=O)CN(C)c1ccccc1CNCC(C)C. The maximum absolute atomic E-state index is 11.4. The molecule has 19 heavy (non-hydrogen) atoms. The van der Waals surface area contributed by atoms with Crippen molar-refractivity contribution in [2.45, 2.75) is 20.4 Å². The van der Waals surface area contributed by atoms with E-state index in [-0.39, 0.29) is 5.91 Å². The number of hydrogen-bond acceptors (Lipinski definition) is 3. The predicted octanol–water partition coefficient (Wildman–Crippen LogP) is 1.61. The number of anilines is 1. The molecule has 2 N–H and O–H groups in total. The lowest BCUT2D eigenvalue weighted by atomic mass is 10.1. The van der Waals surface area contributed by atoms with E-state index in [0.29, 0.717) is 12.5 Å². The van der Waals surface area contributed by atoms with Gasteiger partial charge in [-0.3, -0.25) is 4.79 Å². The Kier molecular flexibility index (Phi) is 6.36. The van der Waals surface area contributed by atoms with Crippen molar-refractivity contribution in [1.29, 1.82) is 0 Å². The van der Waals surface area contributed by atoms with Gasteiger partial charge < -0.3 is 15.5 Å². The van der Waals surface area contributed by atoms with Gasteiger partial charge in [0.2, 0.25) is 5.91 Å². The first-order chi connectivity index (χ1) is 9.04. The summed E-state index contributed by atoms with van der Waals surface area (Å²) in [7, 11) is 3.60. The summed E-state index contributed by atoms with van der Waals surface area (Å²) < 4.78 is 0. The van der Waals surface area contributed by atoms with Gasteiger partial charge in [-0.1, -0.05) is 32.0 Å². The van der Waals surface area contributed by atoms with E-state index >= 15 is 0 Å². The number of para-hydroxylation sites is 1. The van der Waals surface area contributed by atoms with Crippen LogP contribution in [0.1, 0.15) is 19.4 Å². The number of nitrogens with one attached hydrogen (secondary N) is 2. The van der Waals surface area contributed by atoms with Crippen molar-refractivity contribution in [2.24, 2.45) is 5.92 Å². The number of carbonyl (C=O) groups is 1. The third kappa shape index (κ3) is 5.30. The summed E-state index contributed by atoms with van der Waals surface area (Å²) in [6, 6.07) is 8.18. The number of likely N-dealkylation sites (N-methyl/N-ethyl adjacent to an activating group) is 2. The summed E-state index contributed by atoms with van der Waals surface area (Å²) in [6.07, 6.45) is 0. The number of benzene rings is 1. The van der Waals surface area contributed by atoms with Crippen LogP contribution in [0, 0.1) is 5.92 Å². The molecule has 1 aromatic carbocycles. The first-order valence-corrected chi connectivity index (χ1v) is 6.75. The molecule has 0 aromatic heterocycles. The zero-order valence-corrected chi connectivity index (χ0v) is 12.4. The van der Waals surface area contributed by atoms with Gasteiger partial charge in [0.25, 0.3) is 0 Å². The lowest BCUT2D eigenvalue weighted by Crippen LogP contribution is -2.33. The van der Waals surface area contributed by atoms with E-state index in [9.17, 15) is 4.79 Å². The van der Waals surface area contributed by atoms with Gasteiger partial charge in [-0.2, -0.15) is 0 Å². The summed E-state index contributed by atoms with van der Waals surface area (Å²) in [4.78, 5) is 13.4. The highest BCUT2D eigenvalue weighted by molar-refractivity contribution is 5.81. The van der Waals surface area contributed by atoms with E-state index < -0.39 is 0 Å². The molecule has 0 aliphatic rings. The Bertz CT molecular complexity index is 404. The van der Waals surface area contributed by atoms with Crippen molar-refractivity contribution in [3.8, 4) is 0 Å². The van der Waals surface area contributed by atoms with Crippen molar-refractivity contribution < 1.29 is 4.79 Å². The maximum atomic E-state index is 11.4. The number of rotatable bonds is 7. The Morgan fingerprint density at radius 1 is 1.32 bits per heavy atom. The molecule has 0 saturated carbocycles. The Hall–Kier alpha value is -1.55.